The second-order valence-electron chi connectivity index (χ2n) is 3.40. The van der Waals surface area contributed by atoms with Crippen LogP contribution < -0.4 is 0 Å². The van der Waals surface area contributed by atoms with Crippen molar-refractivity contribution in [1.82, 2.24) is 15.1 Å². The van der Waals surface area contributed by atoms with E-state index in [4.69, 9.17) is 16.3 Å². The van der Waals surface area contributed by atoms with Crippen LogP contribution in [0.1, 0.15) is 5.69 Å². The Morgan fingerprint density at radius 1 is 1.50 bits per heavy atom. The smallest absolute Gasteiger partial charge is 0.151 e. The molecule has 0 N–H and O–H groups in total. The average Bonchev–Trinajstić information content (AvgIpc) is 2.13. The maximum absolute atomic E-state index is 5.63. The maximum atomic E-state index is 5.63. The maximum Gasteiger partial charge on any atom is 0.151 e. The first kappa shape index (κ1) is 9.83. The minimum absolute atomic E-state index is 0.384. The minimum Gasteiger partial charge on any atom is -0.379 e. The summed E-state index contributed by atoms with van der Waals surface area (Å²) in [7, 11) is 1.74. The third-order valence-electron chi connectivity index (χ3n) is 2.33. The van der Waals surface area contributed by atoms with Gasteiger partial charge in [0.2, 0.25) is 0 Å². The van der Waals surface area contributed by atoms with Crippen molar-refractivity contribution in [3.8, 4) is 0 Å². The number of methoxy groups -OCH3 is 1. The molecule has 0 aromatic carbocycles. The van der Waals surface area contributed by atoms with Gasteiger partial charge in [0.25, 0.3) is 0 Å². The van der Waals surface area contributed by atoms with Crippen molar-refractivity contribution in [3.05, 3.63) is 23.0 Å². The van der Waals surface area contributed by atoms with Gasteiger partial charge in [0.15, 0.2) is 5.15 Å². The number of halogens is 1. The second kappa shape index (κ2) is 4.21. The van der Waals surface area contributed by atoms with Crippen LogP contribution in [-0.4, -0.2) is 41.4 Å². The summed E-state index contributed by atoms with van der Waals surface area (Å²) in [4.78, 5) is 2.26. The SMILES string of the molecule is COC1CN(Cc2ccc(Cl)nn2)C1. The van der Waals surface area contributed by atoms with E-state index in [1.165, 1.54) is 0 Å². The Labute approximate surface area is 87.8 Å². The Hall–Kier alpha value is -0.710. The van der Waals surface area contributed by atoms with Gasteiger partial charge in [-0.25, -0.2) is 0 Å². The van der Waals surface area contributed by atoms with Crippen molar-refractivity contribution >= 4 is 11.6 Å². The lowest BCUT2D eigenvalue weighted by atomic mass is 10.1. The van der Waals surface area contributed by atoms with Gasteiger partial charge in [0.05, 0.1) is 11.8 Å². The Morgan fingerprint density at radius 2 is 2.29 bits per heavy atom. The van der Waals surface area contributed by atoms with Crippen molar-refractivity contribution in [3.63, 3.8) is 0 Å². The standard InChI is InChI=1S/C9H12ClN3O/c1-14-8-5-13(6-8)4-7-2-3-9(10)12-11-7/h2-3,8H,4-6H2,1H3. The first-order valence-electron chi connectivity index (χ1n) is 4.51. The average molecular weight is 214 g/mol. The van der Waals surface area contributed by atoms with Crippen LogP contribution in [0.3, 0.4) is 0 Å². The van der Waals surface area contributed by atoms with Crippen LogP contribution in [0.2, 0.25) is 5.15 Å². The third kappa shape index (κ3) is 2.20. The molecule has 1 saturated heterocycles. The molecule has 1 aliphatic heterocycles. The summed E-state index contributed by atoms with van der Waals surface area (Å²) in [6, 6.07) is 3.66. The molecular weight excluding hydrogens is 202 g/mol. The van der Waals surface area contributed by atoms with Crippen LogP contribution in [0.25, 0.3) is 0 Å². The third-order valence-corrected chi connectivity index (χ3v) is 2.53. The normalized spacial score (nSPS) is 18.1. The minimum atomic E-state index is 0.384. The quantitative estimate of drug-likeness (QED) is 0.750. The van der Waals surface area contributed by atoms with Crippen molar-refractivity contribution in [2.45, 2.75) is 12.6 Å². The summed E-state index contributed by atoms with van der Waals surface area (Å²) >= 11 is 5.63. The van der Waals surface area contributed by atoms with Gasteiger partial charge in [0.1, 0.15) is 0 Å². The van der Waals surface area contributed by atoms with Crippen LogP contribution in [0.15, 0.2) is 12.1 Å². The van der Waals surface area contributed by atoms with Gasteiger partial charge in [-0.2, -0.15) is 5.10 Å². The van der Waals surface area contributed by atoms with Gasteiger partial charge in [-0.05, 0) is 12.1 Å². The number of likely N-dealkylation sites (tertiary alicyclic amines) is 1. The van der Waals surface area contributed by atoms with Crippen molar-refractivity contribution < 1.29 is 4.74 Å². The summed E-state index contributed by atoms with van der Waals surface area (Å²) in [5.41, 5.74) is 0.948. The molecule has 1 aromatic heterocycles. The van der Waals surface area contributed by atoms with E-state index < -0.39 is 0 Å². The van der Waals surface area contributed by atoms with E-state index in [9.17, 15) is 0 Å². The first-order chi connectivity index (χ1) is 6.78. The van der Waals surface area contributed by atoms with Crippen LogP contribution in [0.4, 0.5) is 0 Å². The highest BCUT2D eigenvalue weighted by Crippen LogP contribution is 2.14. The van der Waals surface area contributed by atoms with Crippen LogP contribution in [0.5, 0.6) is 0 Å². The predicted octanol–water partition coefficient (Wildman–Crippen LogP) is 0.961. The Morgan fingerprint density at radius 3 is 2.86 bits per heavy atom. The summed E-state index contributed by atoms with van der Waals surface area (Å²) in [5, 5.41) is 8.21. The molecule has 1 aromatic rings. The van der Waals surface area contributed by atoms with Crippen molar-refractivity contribution in [2.75, 3.05) is 20.2 Å². The molecule has 0 saturated carbocycles. The van der Waals surface area contributed by atoms with E-state index in [1.807, 2.05) is 6.07 Å². The molecule has 0 spiro atoms. The van der Waals surface area contributed by atoms with Crippen LogP contribution in [0, 0.1) is 0 Å². The van der Waals surface area contributed by atoms with E-state index in [2.05, 4.69) is 15.1 Å². The Bertz CT molecular complexity index is 297. The van der Waals surface area contributed by atoms with Crippen molar-refractivity contribution in [1.29, 1.82) is 0 Å². The topological polar surface area (TPSA) is 38.2 Å². The zero-order valence-electron chi connectivity index (χ0n) is 7.98. The number of aromatic nitrogens is 2. The Balaban J connectivity index is 1.84. The van der Waals surface area contributed by atoms with Gasteiger partial charge in [-0.15, -0.1) is 5.10 Å². The predicted molar refractivity (Wildman–Crippen MR) is 53.1 cm³/mol. The van der Waals surface area contributed by atoms with Gasteiger partial charge < -0.3 is 4.74 Å². The molecule has 0 aliphatic carbocycles. The molecule has 5 heteroatoms. The van der Waals surface area contributed by atoms with E-state index in [0.717, 1.165) is 25.3 Å². The second-order valence-corrected chi connectivity index (χ2v) is 3.79. The molecule has 1 aliphatic rings. The van der Waals surface area contributed by atoms with Crippen LogP contribution in [-0.2, 0) is 11.3 Å². The molecule has 0 atom stereocenters. The highest BCUT2D eigenvalue weighted by Gasteiger charge is 2.26. The monoisotopic (exact) mass is 213 g/mol. The lowest BCUT2D eigenvalue weighted by molar-refractivity contribution is -0.0340. The number of hydrogen-bond acceptors (Lipinski definition) is 4. The van der Waals surface area contributed by atoms with Crippen LogP contribution >= 0.6 is 11.6 Å². The van der Waals surface area contributed by atoms with Gasteiger partial charge in [-0.1, -0.05) is 11.6 Å². The molecule has 0 unspecified atom stereocenters. The molecule has 0 amide bonds. The number of rotatable bonds is 3. The van der Waals surface area contributed by atoms with E-state index in [0.29, 0.717) is 11.3 Å². The highest BCUT2D eigenvalue weighted by atomic mass is 35.5. The zero-order valence-corrected chi connectivity index (χ0v) is 8.74. The molecule has 76 valence electrons. The Kier molecular flexibility index (Phi) is 2.96. The van der Waals surface area contributed by atoms with Crippen molar-refractivity contribution in [2.24, 2.45) is 0 Å². The summed E-state index contributed by atoms with van der Waals surface area (Å²) in [6.45, 7) is 2.77. The number of nitrogens with zero attached hydrogens (tertiary/aromatic N) is 3. The molecule has 0 radical (unpaired) electrons. The summed E-state index contributed by atoms with van der Waals surface area (Å²) in [5.74, 6) is 0. The summed E-state index contributed by atoms with van der Waals surface area (Å²) < 4.78 is 5.17. The lowest BCUT2D eigenvalue weighted by Crippen LogP contribution is -2.51. The first-order valence-corrected chi connectivity index (χ1v) is 4.89. The van der Waals surface area contributed by atoms with E-state index >= 15 is 0 Å². The fraction of sp³-hybridized carbons (Fsp3) is 0.556. The molecule has 1 fully saturated rings. The number of ether oxygens (including phenoxy) is 1. The molecule has 14 heavy (non-hydrogen) atoms. The fourth-order valence-corrected chi connectivity index (χ4v) is 1.56. The van der Waals surface area contributed by atoms with E-state index in [1.54, 1.807) is 13.2 Å². The molecule has 2 heterocycles. The van der Waals surface area contributed by atoms with Gasteiger partial charge in [-0.3, -0.25) is 4.90 Å². The summed E-state index contributed by atoms with van der Waals surface area (Å²) in [6.07, 6.45) is 0.384. The largest absolute Gasteiger partial charge is 0.379 e. The molecule has 4 nitrogen and oxygen atoms in total. The highest BCUT2D eigenvalue weighted by molar-refractivity contribution is 6.29. The number of hydrogen-bond donors (Lipinski definition) is 0. The molecular formula is C9H12ClN3O. The fourth-order valence-electron chi connectivity index (χ4n) is 1.46. The van der Waals surface area contributed by atoms with Gasteiger partial charge >= 0.3 is 0 Å². The lowest BCUT2D eigenvalue weighted by Gasteiger charge is -2.37. The van der Waals surface area contributed by atoms with E-state index in [-0.39, 0.29) is 0 Å². The zero-order chi connectivity index (χ0) is 9.97. The molecule has 2 rings (SSSR count). The molecule has 0 bridgehead atoms. The van der Waals surface area contributed by atoms with Gasteiger partial charge in [0, 0.05) is 26.7 Å².